The highest BCUT2D eigenvalue weighted by atomic mass is 16.3. The predicted octanol–water partition coefficient (Wildman–Crippen LogP) is 2.29. The number of imidazole rings is 1. The average Bonchev–Trinajstić information content (AvgIpc) is 2.63. The smallest absolute Gasteiger partial charge is 0.232 e. The fourth-order valence-electron chi connectivity index (χ4n) is 1.49. The zero-order valence-electron chi connectivity index (χ0n) is 8.39. The van der Waals surface area contributed by atoms with Crippen LogP contribution in [0.5, 0.6) is 5.88 Å². The third-order valence-electron chi connectivity index (χ3n) is 2.86. The minimum absolute atomic E-state index is 0.179. The van der Waals surface area contributed by atoms with Crippen LogP contribution in [-0.4, -0.2) is 15.1 Å². The molecule has 0 bridgehead atoms. The lowest BCUT2D eigenvalue weighted by Crippen LogP contribution is -2.02. The van der Waals surface area contributed by atoms with Crippen molar-refractivity contribution in [2.24, 2.45) is 0 Å². The van der Waals surface area contributed by atoms with Crippen LogP contribution in [0.4, 0.5) is 0 Å². The zero-order valence-corrected chi connectivity index (χ0v) is 8.39. The fraction of sp³-hybridized carbons (Fsp3) is 0.700. The van der Waals surface area contributed by atoms with Crippen LogP contribution in [0.15, 0.2) is 0 Å². The van der Waals surface area contributed by atoms with Crippen molar-refractivity contribution in [2.75, 3.05) is 0 Å². The van der Waals surface area contributed by atoms with Crippen molar-refractivity contribution in [3.63, 3.8) is 0 Å². The first-order valence-electron chi connectivity index (χ1n) is 4.82. The van der Waals surface area contributed by atoms with E-state index in [2.05, 4.69) is 16.9 Å². The summed E-state index contributed by atoms with van der Waals surface area (Å²) in [7, 11) is 0. The first kappa shape index (κ1) is 8.60. The summed E-state index contributed by atoms with van der Waals surface area (Å²) in [5, 5.41) is 9.55. The zero-order chi connectivity index (χ0) is 9.64. The van der Waals surface area contributed by atoms with Gasteiger partial charge in [-0.25, -0.2) is 0 Å². The molecular formula is C10H16N2O. The Kier molecular flexibility index (Phi) is 1.65. The molecule has 1 fully saturated rings. The number of nitrogens with one attached hydrogen (secondary N) is 1. The second kappa shape index (κ2) is 2.50. The maximum atomic E-state index is 9.55. The van der Waals surface area contributed by atoms with Gasteiger partial charge in [0, 0.05) is 5.41 Å². The van der Waals surface area contributed by atoms with Crippen LogP contribution < -0.4 is 0 Å². The number of H-pyrrole nitrogens is 1. The van der Waals surface area contributed by atoms with Crippen molar-refractivity contribution in [3.05, 3.63) is 11.5 Å². The summed E-state index contributed by atoms with van der Waals surface area (Å²) in [6.07, 6.45) is 2.36. The van der Waals surface area contributed by atoms with Gasteiger partial charge in [0.05, 0.1) is 5.69 Å². The SMILES string of the molecule is CC(C)c1[nH]c(C2(C)CC2)nc1O. The number of aromatic amines is 1. The van der Waals surface area contributed by atoms with E-state index in [9.17, 15) is 5.11 Å². The molecule has 3 heteroatoms. The van der Waals surface area contributed by atoms with Gasteiger partial charge >= 0.3 is 0 Å². The Hall–Kier alpha value is -0.990. The maximum Gasteiger partial charge on any atom is 0.232 e. The van der Waals surface area contributed by atoms with Crippen molar-refractivity contribution >= 4 is 0 Å². The second-order valence-corrected chi connectivity index (χ2v) is 4.54. The van der Waals surface area contributed by atoms with Gasteiger partial charge in [0.1, 0.15) is 5.82 Å². The van der Waals surface area contributed by atoms with E-state index >= 15 is 0 Å². The van der Waals surface area contributed by atoms with Gasteiger partial charge in [0.2, 0.25) is 5.88 Å². The van der Waals surface area contributed by atoms with Crippen molar-refractivity contribution < 1.29 is 5.11 Å². The van der Waals surface area contributed by atoms with Crippen LogP contribution >= 0.6 is 0 Å². The number of aromatic hydroxyl groups is 1. The predicted molar refractivity (Wildman–Crippen MR) is 50.9 cm³/mol. The van der Waals surface area contributed by atoms with E-state index in [1.54, 1.807) is 0 Å². The summed E-state index contributed by atoms with van der Waals surface area (Å²) in [6, 6.07) is 0. The van der Waals surface area contributed by atoms with Gasteiger partial charge in [-0.1, -0.05) is 20.8 Å². The molecule has 1 aliphatic carbocycles. The van der Waals surface area contributed by atoms with E-state index in [1.807, 2.05) is 13.8 Å². The standard InChI is InChI=1S/C10H16N2O/c1-6(2)7-8(13)12-9(11-7)10(3)4-5-10/h6,13H,4-5H2,1-3H3,(H,11,12). The first-order chi connectivity index (χ1) is 6.03. The lowest BCUT2D eigenvalue weighted by atomic mass is 10.1. The van der Waals surface area contributed by atoms with Gasteiger partial charge in [0.25, 0.3) is 0 Å². The van der Waals surface area contributed by atoms with Crippen molar-refractivity contribution in [1.29, 1.82) is 0 Å². The van der Waals surface area contributed by atoms with Crippen LogP contribution in [0.2, 0.25) is 0 Å². The molecule has 1 aromatic rings. The molecule has 1 saturated carbocycles. The van der Waals surface area contributed by atoms with Crippen molar-refractivity contribution in [1.82, 2.24) is 9.97 Å². The molecule has 2 N–H and O–H groups in total. The summed E-state index contributed by atoms with van der Waals surface area (Å²) in [6.45, 7) is 6.27. The molecule has 0 saturated heterocycles. The van der Waals surface area contributed by atoms with Gasteiger partial charge in [0.15, 0.2) is 0 Å². The molecule has 0 atom stereocenters. The average molecular weight is 180 g/mol. The molecule has 1 heterocycles. The Labute approximate surface area is 78.2 Å². The Morgan fingerprint density at radius 2 is 2.08 bits per heavy atom. The minimum Gasteiger partial charge on any atom is -0.492 e. The summed E-state index contributed by atoms with van der Waals surface area (Å²) in [5.74, 6) is 1.44. The van der Waals surface area contributed by atoms with Gasteiger partial charge in [-0.3, -0.25) is 0 Å². The molecule has 13 heavy (non-hydrogen) atoms. The van der Waals surface area contributed by atoms with Gasteiger partial charge in [-0.15, -0.1) is 0 Å². The van der Waals surface area contributed by atoms with E-state index in [0.717, 1.165) is 11.5 Å². The Balaban J connectivity index is 2.35. The van der Waals surface area contributed by atoms with E-state index in [-0.39, 0.29) is 11.3 Å². The molecule has 0 aliphatic heterocycles. The van der Waals surface area contributed by atoms with Crippen LogP contribution in [-0.2, 0) is 5.41 Å². The molecule has 1 aliphatic rings. The monoisotopic (exact) mass is 180 g/mol. The van der Waals surface area contributed by atoms with Gasteiger partial charge in [-0.2, -0.15) is 4.98 Å². The lowest BCUT2D eigenvalue weighted by molar-refractivity contribution is 0.444. The summed E-state index contributed by atoms with van der Waals surface area (Å²) in [5.41, 5.74) is 1.08. The highest BCUT2D eigenvalue weighted by Gasteiger charge is 2.42. The molecule has 3 nitrogen and oxygen atoms in total. The summed E-state index contributed by atoms with van der Waals surface area (Å²) < 4.78 is 0. The Bertz CT molecular complexity index is 324. The van der Waals surface area contributed by atoms with Crippen LogP contribution in [0.25, 0.3) is 0 Å². The van der Waals surface area contributed by atoms with Gasteiger partial charge in [-0.05, 0) is 18.8 Å². The molecule has 0 radical (unpaired) electrons. The van der Waals surface area contributed by atoms with E-state index in [0.29, 0.717) is 5.92 Å². The largest absolute Gasteiger partial charge is 0.492 e. The highest BCUT2D eigenvalue weighted by Crippen LogP contribution is 2.47. The van der Waals surface area contributed by atoms with Crippen molar-refractivity contribution in [2.45, 2.75) is 44.9 Å². The first-order valence-corrected chi connectivity index (χ1v) is 4.82. The molecule has 0 spiro atoms. The van der Waals surface area contributed by atoms with Crippen LogP contribution in [0, 0.1) is 0 Å². The molecule has 0 unspecified atom stereocenters. The topological polar surface area (TPSA) is 48.9 Å². The Morgan fingerprint density at radius 1 is 1.46 bits per heavy atom. The number of rotatable bonds is 2. The van der Waals surface area contributed by atoms with Crippen LogP contribution in [0.3, 0.4) is 0 Å². The summed E-state index contributed by atoms with van der Waals surface area (Å²) >= 11 is 0. The summed E-state index contributed by atoms with van der Waals surface area (Å²) in [4.78, 5) is 7.39. The number of aromatic nitrogens is 2. The highest BCUT2D eigenvalue weighted by molar-refractivity contribution is 5.28. The Morgan fingerprint density at radius 3 is 2.46 bits per heavy atom. The van der Waals surface area contributed by atoms with E-state index < -0.39 is 0 Å². The quantitative estimate of drug-likeness (QED) is 0.733. The van der Waals surface area contributed by atoms with Crippen LogP contribution in [0.1, 0.15) is 51.0 Å². The molecule has 1 aromatic heterocycles. The molecule has 72 valence electrons. The molecule has 0 aromatic carbocycles. The maximum absolute atomic E-state index is 9.55. The molecule has 0 amide bonds. The number of nitrogens with zero attached hydrogens (tertiary/aromatic N) is 1. The molecular weight excluding hydrogens is 164 g/mol. The lowest BCUT2D eigenvalue weighted by Gasteiger charge is -2.02. The van der Waals surface area contributed by atoms with Crippen molar-refractivity contribution in [3.8, 4) is 5.88 Å². The third-order valence-corrected chi connectivity index (χ3v) is 2.86. The second-order valence-electron chi connectivity index (χ2n) is 4.54. The van der Waals surface area contributed by atoms with E-state index in [1.165, 1.54) is 12.8 Å². The van der Waals surface area contributed by atoms with E-state index in [4.69, 9.17) is 0 Å². The molecule has 2 rings (SSSR count). The fourth-order valence-corrected chi connectivity index (χ4v) is 1.49. The minimum atomic E-state index is 0.179. The normalized spacial score (nSPS) is 19.4. The number of hydrogen-bond donors (Lipinski definition) is 2. The number of hydrogen-bond acceptors (Lipinski definition) is 2. The third kappa shape index (κ3) is 1.32. The van der Waals surface area contributed by atoms with Gasteiger partial charge < -0.3 is 10.1 Å².